The van der Waals surface area contributed by atoms with Crippen LogP contribution in [0.3, 0.4) is 0 Å². The molecule has 0 spiro atoms. The number of hydrogen-bond donors (Lipinski definition) is 2. The highest BCUT2D eigenvalue weighted by molar-refractivity contribution is 5.87. The largest absolute Gasteiger partial charge is 0.478 e. The molecule has 0 saturated heterocycles. The normalized spacial score (nSPS) is 24.3. The SMILES string of the molecule is CCc1ccc2c(c1)[C@@H]1CCC[C@@H]1[C@H](c1ccc(C(=O)O)cc1F)N2. The molecule has 4 heteroatoms. The lowest BCUT2D eigenvalue weighted by atomic mass is 9.76. The van der Waals surface area contributed by atoms with Crippen LogP contribution in [0.25, 0.3) is 0 Å². The van der Waals surface area contributed by atoms with E-state index in [0.717, 1.165) is 37.4 Å². The summed E-state index contributed by atoms with van der Waals surface area (Å²) in [6, 6.07) is 10.7. The Morgan fingerprint density at radius 2 is 2.04 bits per heavy atom. The quantitative estimate of drug-likeness (QED) is 0.814. The van der Waals surface area contributed by atoms with Crippen molar-refractivity contribution in [3.05, 3.63) is 64.5 Å². The van der Waals surface area contributed by atoms with Crippen LogP contribution in [0.2, 0.25) is 0 Å². The molecule has 0 amide bonds. The standard InChI is InChI=1S/C21H22FNO2/c1-2-12-6-9-19-17(10-12)14-4-3-5-15(14)20(23-19)16-8-7-13(21(24)25)11-18(16)22/h6-11,14-15,20,23H,2-5H2,1H3,(H,24,25)/t14-,15+,20-/m1/s1. The molecular formula is C21H22FNO2. The van der Waals surface area contributed by atoms with E-state index in [0.29, 0.717) is 17.4 Å². The molecule has 0 unspecified atom stereocenters. The minimum atomic E-state index is -1.10. The van der Waals surface area contributed by atoms with E-state index in [9.17, 15) is 9.18 Å². The van der Waals surface area contributed by atoms with Gasteiger partial charge in [0, 0.05) is 11.3 Å². The number of benzene rings is 2. The fourth-order valence-electron chi connectivity index (χ4n) is 4.54. The van der Waals surface area contributed by atoms with Crippen molar-refractivity contribution in [2.45, 2.75) is 44.6 Å². The zero-order chi connectivity index (χ0) is 17.6. The molecule has 0 aromatic heterocycles. The lowest BCUT2D eigenvalue weighted by Crippen LogP contribution is -2.29. The highest BCUT2D eigenvalue weighted by atomic mass is 19.1. The highest BCUT2D eigenvalue weighted by Crippen LogP contribution is 2.53. The Balaban J connectivity index is 1.75. The molecular weight excluding hydrogens is 317 g/mol. The minimum Gasteiger partial charge on any atom is -0.478 e. The van der Waals surface area contributed by atoms with Crippen LogP contribution >= 0.6 is 0 Å². The number of aryl methyl sites for hydroxylation is 1. The average molecular weight is 339 g/mol. The van der Waals surface area contributed by atoms with Gasteiger partial charge in [-0.1, -0.05) is 31.5 Å². The summed E-state index contributed by atoms with van der Waals surface area (Å²) in [6.45, 7) is 2.16. The van der Waals surface area contributed by atoms with Crippen molar-refractivity contribution < 1.29 is 14.3 Å². The zero-order valence-corrected chi connectivity index (χ0v) is 14.3. The number of fused-ring (bicyclic) bond motifs is 3. The molecule has 0 radical (unpaired) electrons. The van der Waals surface area contributed by atoms with Crippen LogP contribution in [-0.4, -0.2) is 11.1 Å². The first-order chi connectivity index (χ1) is 12.1. The first kappa shape index (κ1) is 16.1. The predicted octanol–water partition coefficient (Wildman–Crippen LogP) is 5.14. The van der Waals surface area contributed by atoms with Crippen LogP contribution in [0.15, 0.2) is 36.4 Å². The van der Waals surface area contributed by atoms with Gasteiger partial charge in [-0.15, -0.1) is 0 Å². The van der Waals surface area contributed by atoms with Crippen molar-refractivity contribution in [3.8, 4) is 0 Å². The van der Waals surface area contributed by atoms with Gasteiger partial charge in [0.1, 0.15) is 5.82 Å². The maximum atomic E-state index is 14.6. The summed E-state index contributed by atoms with van der Waals surface area (Å²) in [4.78, 5) is 11.1. The van der Waals surface area contributed by atoms with Gasteiger partial charge in [-0.2, -0.15) is 0 Å². The van der Waals surface area contributed by atoms with Gasteiger partial charge in [0.15, 0.2) is 0 Å². The van der Waals surface area contributed by atoms with Crippen LogP contribution in [0.5, 0.6) is 0 Å². The maximum absolute atomic E-state index is 14.6. The first-order valence-corrected chi connectivity index (χ1v) is 9.00. The van der Waals surface area contributed by atoms with Crippen molar-refractivity contribution >= 4 is 11.7 Å². The van der Waals surface area contributed by atoms with E-state index in [-0.39, 0.29) is 11.6 Å². The summed E-state index contributed by atoms with van der Waals surface area (Å²) >= 11 is 0. The van der Waals surface area contributed by atoms with Gasteiger partial charge in [0.05, 0.1) is 11.6 Å². The number of rotatable bonds is 3. The summed E-state index contributed by atoms with van der Waals surface area (Å²) in [7, 11) is 0. The Kier molecular flexibility index (Phi) is 3.98. The first-order valence-electron chi connectivity index (χ1n) is 9.00. The van der Waals surface area contributed by atoms with Crippen molar-refractivity contribution in [1.29, 1.82) is 0 Å². The molecule has 130 valence electrons. The monoisotopic (exact) mass is 339 g/mol. The van der Waals surface area contributed by atoms with Gasteiger partial charge in [-0.05, 0) is 60.4 Å². The molecule has 2 aromatic carbocycles. The van der Waals surface area contributed by atoms with Crippen molar-refractivity contribution in [2.75, 3.05) is 5.32 Å². The van der Waals surface area contributed by atoms with E-state index in [1.54, 1.807) is 6.07 Å². The second-order valence-electron chi connectivity index (χ2n) is 7.14. The van der Waals surface area contributed by atoms with Crippen LogP contribution < -0.4 is 5.32 Å². The third-order valence-corrected chi connectivity index (χ3v) is 5.81. The molecule has 2 aromatic rings. The number of aromatic carboxylic acids is 1. The smallest absolute Gasteiger partial charge is 0.335 e. The van der Waals surface area contributed by atoms with Crippen LogP contribution in [0.1, 0.15) is 65.2 Å². The van der Waals surface area contributed by atoms with Crippen LogP contribution in [-0.2, 0) is 6.42 Å². The van der Waals surface area contributed by atoms with E-state index in [1.807, 2.05) is 0 Å². The summed E-state index contributed by atoms with van der Waals surface area (Å²) < 4.78 is 14.6. The van der Waals surface area contributed by atoms with Gasteiger partial charge in [-0.3, -0.25) is 0 Å². The molecule has 0 bridgehead atoms. The number of halogens is 1. The van der Waals surface area contributed by atoms with E-state index < -0.39 is 11.8 Å². The number of carbonyl (C=O) groups is 1. The maximum Gasteiger partial charge on any atom is 0.335 e. The number of carboxylic acids is 1. The van der Waals surface area contributed by atoms with E-state index >= 15 is 0 Å². The summed E-state index contributed by atoms with van der Waals surface area (Å²) in [5, 5.41) is 12.6. The van der Waals surface area contributed by atoms with E-state index in [4.69, 9.17) is 5.11 Å². The number of hydrogen-bond acceptors (Lipinski definition) is 2. The van der Waals surface area contributed by atoms with E-state index in [1.165, 1.54) is 17.2 Å². The molecule has 1 saturated carbocycles. The summed E-state index contributed by atoms with van der Waals surface area (Å²) in [6.07, 6.45) is 4.37. The van der Waals surface area contributed by atoms with Gasteiger partial charge in [0.2, 0.25) is 0 Å². The second kappa shape index (κ2) is 6.17. The second-order valence-corrected chi connectivity index (χ2v) is 7.14. The Morgan fingerprint density at radius 3 is 2.76 bits per heavy atom. The average Bonchev–Trinajstić information content (AvgIpc) is 3.10. The van der Waals surface area contributed by atoms with Crippen LogP contribution in [0, 0.1) is 11.7 Å². The third-order valence-electron chi connectivity index (χ3n) is 5.81. The van der Waals surface area contributed by atoms with Gasteiger partial charge < -0.3 is 10.4 Å². The number of carboxylic acid groups (broad SMARTS) is 1. The Hall–Kier alpha value is -2.36. The lowest BCUT2D eigenvalue weighted by molar-refractivity contribution is 0.0696. The van der Waals surface area contributed by atoms with Crippen LogP contribution in [0.4, 0.5) is 10.1 Å². The lowest BCUT2D eigenvalue weighted by Gasteiger charge is -2.38. The molecule has 4 rings (SSSR count). The Labute approximate surface area is 146 Å². The molecule has 1 fully saturated rings. The van der Waals surface area contributed by atoms with Gasteiger partial charge >= 0.3 is 5.97 Å². The summed E-state index contributed by atoms with van der Waals surface area (Å²) in [5.74, 6) is -0.731. The predicted molar refractivity (Wildman–Crippen MR) is 95.6 cm³/mol. The molecule has 1 aliphatic heterocycles. The zero-order valence-electron chi connectivity index (χ0n) is 14.3. The molecule has 3 nitrogen and oxygen atoms in total. The summed E-state index contributed by atoms with van der Waals surface area (Å²) in [5.41, 5.74) is 4.36. The molecule has 2 aliphatic rings. The third kappa shape index (κ3) is 2.70. The highest BCUT2D eigenvalue weighted by Gasteiger charge is 2.41. The Bertz CT molecular complexity index is 833. The molecule has 1 aliphatic carbocycles. The minimum absolute atomic E-state index is 0.00646. The molecule has 3 atom stereocenters. The fourth-order valence-corrected chi connectivity index (χ4v) is 4.54. The van der Waals surface area contributed by atoms with Gasteiger partial charge in [-0.25, -0.2) is 9.18 Å². The van der Waals surface area contributed by atoms with Gasteiger partial charge in [0.25, 0.3) is 0 Å². The van der Waals surface area contributed by atoms with Crippen molar-refractivity contribution in [2.24, 2.45) is 5.92 Å². The van der Waals surface area contributed by atoms with Crippen molar-refractivity contribution in [3.63, 3.8) is 0 Å². The molecule has 25 heavy (non-hydrogen) atoms. The molecule has 1 heterocycles. The van der Waals surface area contributed by atoms with E-state index in [2.05, 4.69) is 30.4 Å². The number of anilines is 1. The van der Waals surface area contributed by atoms with Crippen molar-refractivity contribution in [1.82, 2.24) is 0 Å². The fraction of sp³-hybridized carbons (Fsp3) is 0.381. The topological polar surface area (TPSA) is 49.3 Å². The number of nitrogens with one attached hydrogen (secondary N) is 1. The Morgan fingerprint density at radius 1 is 1.20 bits per heavy atom. The molecule has 2 N–H and O–H groups in total.